The molecule has 0 radical (unpaired) electrons. The van der Waals surface area contributed by atoms with Crippen molar-refractivity contribution in [1.29, 1.82) is 0 Å². The van der Waals surface area contributed by atoms with Crippen molar-refractivity contribution in [2.45, 2.75) is 31.2 Å². The van der Waals surface area contributed by atoms with E-state index in [9.17, 15) is 18.0 Å². The van der Waals surface area contributed by atoms with Crippen LogP contribution in [0, 0.1) is 5.92 Å². The molecule has 9 heteroatoms. The molecule has 7 nitrogen and oxygen atoms in total. The maximum absolute atomic E-state index is 12.6. The Kier molecular flexibility index (Phi) is 6.80. The lowest BCUT2D eigenvalue weighted by molar-refractivity contribution is -0.127. The molecule has 0 heterocycles. The van der Waals surface area contributed by atoms with Gasteiger partial charge in [0.25, 0.3) is 15.9 Å². The van der Waals surface area contributed by atoms with Gasteiger partial charge in [-0.15, -0.1) is 0 Å². The fourth-order valence-corrected chi connectivity index (χ4v) is 3.82. The number of nitrogens with two attached hydrogens (primary N) is 1. The second kappa shape index (κ2) is 8.69. The summed E-state index contributed by atoms with van der Waals surface area (Å²) in [6.45, 7) is 3.43. The first kappa shape index (κ1) is 21.1. The van der Waals surface area contributed by atoms with Gasteiger partial charge in [-0.1, -0.05) is 37.6 Å². The highest BCUT2D eigenvalue weighted by Crippen LogP contribution is 2.22. The van der Waals surface area contributed by atoms with Crippen LogP contribution in [0.4, 0.5) is 0 Å². The Morgan fingerprint density at radius 2 is 1.74 bits per heavy atom. The minimum Gasteiger partial charge on any atom is -0.343 e. The van der Waals surface area contributed by atoms with E-state index in [2.05, 4.69) is 5.32 Å². The van der Waals surface area contributed by atoms with Crippen molar-refractivity contribution in [3.63, 3.8) is 0 Å². The first-order chi connectivity index (χ1) is 12.6. The van der Waals surface area contributed by atoms with E-state index >= 15 is 0 Å². The van der Waals surface area contributed by atoms with E-state index in [1.165, 1.54) is 12.1 Å². The Bertz CT molecular complexity index is 960. The zero-order valence-corrected chi connectivity index (χ0v) is 16.6. The SMILES string of the molecule is CC(C)C[C@H](NC(=O)CN)C(=O)NS(=O)(=O)c1ccc2cc(Cl)ccc2c1. The quantitative estimate of drug-likeness (QED) is 0.641. The molecule has 0 aromatic heterocycles. The Morgan fingerprint density at radius 1 is 1.11 bits per heavy atom. The maximum Gasteiger partial charge on any atom is 0.264 e. The average Bonchev–Trinajstić information content (AvgIpc) is 2.59. The van der Waals surface area contributed by atoms with Crippen LogP contribution in [0.15, 0.2) is 41.3 Å². The van der Waals surface area contributed by atoms with Gasteiger partial charge in [0.2, 0.25) is 5.91 Å². The number of carbonyl (C=O) groups excluding carboxylic acids is 2. The number of hydrogen-bond acceptors (Lipinski definition) is 5. The van der Waals surface area contributed by atoms with E-state index in [0.717, 1.165) is 5.39 Å². The van der Waals surface area contributed by atoms with E-state index in [-0.39, 0.29) is 23.8 Å². The lowest BCUT2D eigenvalue weighted by Gasteiger charge is -2.20. The molecule has 0 aliphatic heterocycles. The van der Waals surface area contributed by atoms with Crippen LogP contribution in [0.2, 0.25) is 5.02 Å². The molecular formula is C18H22ClN3O4S. The molecule has 0 aliphatic carbocycles. The summed E-state index contributed by atoms with van der Waals surface area (Å²) in [6.07, 6.45) is 0.281. The largest absolute Gasteiger partial charge is 0.343 e. The van der Waals surface area contributed by atoms with Gasteiger partial charge < -0.3 is 11.1 Å². The van der Waals surface area contributed by atoms with Gasteiger partial charge >= 0.3 is 0 Å². The number of benzene rings is 2. The van der Waals surface area contributed by atoms with E-state index in [1.54, 1.807) is 24.3 Å². The van der Waals surface area contributed by atoms with Gasteiger partial charge in [0.05, 0.1) is 11.4 Å². The molecule has 146 valence electrons. The van der Waals surface area contributed by atoms with Crippen LogP contribution in [0.5, 0.6) is 0 Å². The van der Waals surface area contributed by atoms with Crippen molar-refractivity contribution in [2.75, 3.05) is 6.54 Å². The van der Waals surface area contributed by atoms with Gasteiger partial charge in [-0.2, -0.15) is 0 Å². The monoisotopic (exact) mass is 411 g/mol. The van der Waals surface area contributed by atoms with Crippen LogP contribution < -0.4 is 15.8 Å². The second-order valence-electron chi connectivity index (χ2n) is 6.58. The summed E-state index contributed by atoms with van der Waals surface area (Å²) in [5.41, 5.74) is 5.26. The molecular weight excluding hydrogens is 390 g/mol. The van der Waals surface area contributed by atoms with Crippen LogP contribution in [-0.2, 0) is 19.6 Å². The van der Waals surface area contributed by atoms with Gasteiger partial charge in [0, 0.05) is 5.02 Å². The minimum atomic E-state index is -4.10. The Labute approximate surface area is 163 Å². The highest BCUT2D eigenvalue weighted by atomic mass is 35.5. The normalized spacial score (nSPS) is 12.8. The van der Waals surface area contributed by atoms with Crippen LogP contribution in [-0.4, -0.2) is 32.8 Å². The fraction of sp³-hybridized carbons (Fsp3) is 0.333. The molecule has 0 saturated heterocycles. The Hall–Kier alpha value is -2.16. The van der Waals surface area contributed by atoms with Gasteiger partial charge in [-0.25, -0.2) is 13.1 Å². The van der Waals surface area contributed by atoms with E-state index < -0.39 is 27.9 Å². The molecule has 0 spiro atoms. The number of nitrogens with one attached hydrogen (secondary N) is 2. The Balaban J connectivity index is 2.25. The highest BCUT2D eigenvalue weighted by Gasteiger charge is 2.26. The molecule has 0 unspecified atom stereocenters. The molecule has 2 rings (SSSR count). The van der Waals surface area contributed by atoms with Gasteiger partial charge in [-0.05, 0) is 47.4 Å². The second-order valence-corrected chi connectivity index (χ2v) is 8.70. The zero-order chi connectivity index (χ0) is 20.2. The number of amides is 2. The number of rotatable bonds is 7. The summed E-state index contributed by atoms with van der Waals surface area (Å²) in [5.74, 6) is -1.27. The number of carbonyl (C=O) groups is 2. The minimum absolute atomic E-state index is 0.0564. The van der Waals surface area contributed by atoms with E-state index in [4.69, 9.17) is 17.3 Å². The molecule has 0 aliphatic rings. The molecule has 2 aromatic carbocycles. The third-order valence-corrected chi connectivity index (χ3v) is 5.44. The van der Waals surface area contributed by atoms with Crippen molar-refractivity contribution in [3.8, 4) is 0 Å². The lowest BCUT2D eigenvalue weighted by Crippen LogP contribution is -2.50. The number of sulfonamides is 1. The van der Waals surface area contributed by atoms with Crippen LogP contribution >= 0.6 is 11.6 Å². The molecule has 4 N–H and O–H groups in total. The van der Waals surface area contributed by atoms with Gasteiger partial charge in [0.1, 0.15) is 6.04 Å². The standard InChI is InChI=1S/C18H22ClN3O4S/c1-11(2)7-16(21-17(23)10-20)18(24)22-27(25,26)15-6-4-12-8-14(19)5-3-13(12)9-15/h3-6,8-9,11,16H,7,10,20H2,1-2H3,(H,21,23)(H,22,24)/t16-/m0/s1. The molecule has 0 bridgehead atoms. The molecule has 1 atom stereocenters. The summed E-state index contributed by atoms with van der Waals surface area (Å²) in [7, 11) is -4.10. The van der Waals surface area contributed by atoms with Crippen molar-refractivity contribution in [1.82, 2.24) is 10.0 Å². The number of fused-ring (bicyclic) bond motifs is 1. The van der Waals surface area contributed by atoms with Crippen molar-refractivity contribution in [3.05, 3.63) is 41.4 Å². The smallest absolute Gasteiger partial charge is 0.264 e. The lowest BCUT2D eigenvalue weighted by atomic mass is 10.0. The van der Waals surface area contributed by atoms with Crippen LogP contribution in [0.25, 0.3) is 10.8 Å². The van der Waals surface area contributed by atoms with E-state index in [1.807, 2.05) is 18.6 Å². The molecule has 0 fully saturated rings. The highest BCUT2D eigenvalue weighted by molar-refractivity contribution is 7.90. The summed E-state index contributed by atoms with van der Waals surface area (Å²) in [6, 6.07) is 8.53. The summed E-state index contributed by atoms with van der Waals surface area (Å²) in [4.78, 5) is 23.9. The number of halogens is 1. The summed E-state index contributed by atoms with van der Waals surface area (Å²) < 4.78 is 27.2. The van der Waals surface area contributed by atoms with Crippen molar-refractivity contribution in [2.24, 2.45) is 11.7 Å². The fourth-order valence-electron chi connectivity index (χ4n) is 2.58. The third kappa shape index (κ3) is 5.66. The molecule has 2 aromatic rings. The summed E-state index contributed by atoms with van der Waals surface area (Å²) >= 11 is 5.93. The van der Waals surface area contributed by atoms with Crippen LogP contribution in [0.1, 0.15) is 20.3 Å². The maximum atomic E-state index is 12.6. The topological polar surface area (TPSA) is 118 Å². The average molecular weight is 412 g/mol. The van der Waals surface area contributed by atoms with Crippen molar-refractivity contribution >= 4 is 44.2 Å². The first-order valence-electron chi connectivity index (χ1n) is 8.38. The molecule has 2 amide bonds. The van der Waals surface area contributed by atoms with Gasteiger partial charge in [-0.3, -0.25) is 9.59 Å². The zero-order valence-electron chi connectivity index (χ0n) is 15.0. The predicted octanol–water partition coefficient (Wildman–Crippen LogP) is 1.79. The van der Waals surface area contributed by atoms with Gasteiger partial charge in [0.15, 0.2) is 0 Å². The summed E-state index contributed by atoms with van der Waals surface area (Å²) in [5, 5.41) is 4.44. The third-order valence-electron chi connectivity index (χ3n) is 3.86. The molecule has 0 saturated carbocycles. The first-order valence-corrected chi connectivity index (χ1v) is 10.2. The molecule has 27 heavy (non-hydrogen) atoms. The predicted molar refractivity (Wildman–Crippen MR) is 105 cm³/mol. The Morgan fingerprint density at radius 3 is 2.37 bits per heavy atom. The number of hydrogen-bond donors (Lipinski definition) is 3. The van der Waals surface area contributed by atoms with Crippen molar-refractivity contribution < 1.29 is 18.0 Å². The van der Waals surface area contributed by atoms with E-state index in [0.29, 0.717) is 10.4 Å². The van der Waals surface area contributed by atoms with Crippen LogP contribution in [0.3, 0.4) is 0 Å².